The van der Waals surface area contributed by atoms with Gasteiger partial charge in [-0.2, -0.15) is 0 Å². The number of anilines is 2. The van der Waals surface area contributed by atoms with Crippen molar-refractivity contribution < 1.29 is 9.18 Å². The molecule has 0 aliphatic heterocycles. The molecule has 7 heteroatoms. The maximum absolute atomic E-state index is 12.7. The van der Waals surface area contributed by atoms with Crippen LogP contribution in [0.2, 0.25) is 0 Å². The highest BCUT2D eigenvalue weighted by molar-refractivity contribution is 7.15. The Bertz CT molecular complexity index is 582. The van der Waals surface area contributed by atoms with Gasteiger partial charge in [0.1, 0.15) is 10.8 Å². The molecule has 1 heterocycles. The van der Waals surface area contributed by atoms with E-state index in [0.717, 1.165) is 5.01 Å². The van der Waals surface area contributed by atoms with Crippen molar-refractivity contribution in [3.8, 4) is 0 Å². The largest absolute Gasteiger partial charge is 0.376 e. The molecule has 1 amide bonds. The van der Waals surface area contributed by atoms with Gasteiger partial charge in [-0.25, -0.2) is 4.39 Å². The molecule has 0 spiro atoms. The molecule has 0 saturated heterocycles. The Balaban J connectivity index is 1.84. The van der Waals surface area contributed by atoms with Gasteiger partial charge in [-0.1, -0.05) is 25.2 Å². The summed E-state index contributed by atoms with van der Waals surface area (Å²) in [4.78, 5) is 11.7. The fourth-order valence-corrected chi connectivity index (χ4v) is 2.19. The van der Waals surface area contributed by atoms with Crippen LogP contribution < -0.4 is 10.6 Å². The fourth-order valence-electron chi connectivity index (χ4n) is 1.43. The molecule has 1 aromatic carbocycles. The van der Waals surface area contributed by atoms with E-state index in [4.69, 9.17) is 0 Å². The van der Waals surface area contributed by atoms with Gasteiger partial charge >= 0.3 is 0 Å². The first kappa shape index (κ1) is 14.4. The van der Waals surface area contributed by atoms with Gasteiger partial charge in [0, 0.05) is 11.6 Å². The third kappa shape index (κ3) is 3.99. The minimum absolute atomic E-state index is 0.0855. The zero-order valence-electron chi connectivity index (χ0n) is 11.2. The van der Waals surface area contributed by atoms with E-state index in [0.29, 0.717) is 10.8 Å². The van der Waals surface area contributed by atoms with E-state index >= 15 is 0 Å². The predicted octanol–water partition coefficient (Wildman–Crippen LogP) is 2.85. The second-order valence-electron chi connectivity index (χ2n) is 4.51. The quantitative estimate of drug-likeness (QED) is 0.890. The van der Waals surface area contributed by atoms with Crippen molar-refractivity contribution in [2.45, 2.75) is 19.8 Å². The number of halogens is 1. The topological polar surface area (TPSA) is 66.9 Å². The molecule has 2 N–H and O–H groups in total. The molecule has 1 aromatic heterocycles. The minimum Gasteiger partial charge on any atom is -0.376 e. The summed E-state index contributed by atoms with van der Waals surface area (Å²) in [5.74, 6) is -0.244. The van der Waals surface area contributed by atoms with Crippen LogP contribution in [0.3, 0.4) is 0 Å². The molecule has 2 aromatic rings. The summed E-state index contributed by atoms with van der Waals surface area (Å²) >= 11 is 1.36. The number of rotatable bonds is 5. The molecule has 2 rings (SSSR count). The number of hydrogen-bond acceptors (Lipinski definition) is 5. The Morgan fingerprint density at radius 1 is 1.30 bits per heavy atom. The molecular weight excluding hydrogens is 279 g/mol. The van der Waals surface area contributed by atoms with Gasteiger partial charge in [0.15, 0.2) is 0 Å². The number of carbonyl (C=O) groups excluding carboxylic acids is 1. The van der Waals surface area contributed by atoms with Gasteiger partial charge in [-0.15, -0.1) is 10.2 Å². The van der Waals surface area contributed by atoms with Crippen molar-refractivity contribution in [1.29, 1.82) is 0 Å². The molecule has 0 radical (unpaired) electrons. The van der Waals surface area contributed by atoms with Crippen molar-refractivity contribution in [2.75, 3.05) is 17.2 Å². The fraction of sp³-hybridized carbons (Fsp3) is 0.308. The van der Waals surface area contributed by atoms with Crippen LogP contribution in [0.4, 0.5) is 15.2 Å². The zero-order valence-corrected chi connectivity index (χ0v) is 12.0. The second kappa shape index (κ2) is 6.42. The van der Waals surface area contributed by atoms with Gasteiger partial charge in [0.2, 0.25) is 11.0 Å². The van der Waals surface area contributed by atoms with E-state index in [2.05, 4.69) is 20.8 Å². The van der Waals surface area contributed by atoms with E-state index in [-0.39, 0.29) is 24.2 Å². The average molecular weight is 294 g/mol. The molecule has 0 aliphatic rings. The number of hydrogen-bond donors (Lipinski definition) is 2. The maximum atomic E-state index is 12.7. The van der Waals surface area contributed by atoms with Crippen molar-refractivity contribution >= 4 is 28.1 Å². The Hall–Kier alpha value is -2.02. The van der Waals surface area contributed by atoms with E-state index in [9.17, 15) is 9.18 Å². The molecule has 106 valence electrons. The summed E-state index contributed by atoms with van der Waals surface area (Å²) in [6.07, 6.45) is 0. The Morgan fingerprint density at radius 3 is 2.60 bits per heavy atom. The third-order valence-corrected chi connectivity index (χ3v) is 3.62. The van der Waals surface area contributed by atoms with Gasteiger partial charge in [-0.3, -0.25) is 10.1 Å². The normalized spacial score (nSPS) is 10.6. The van der Waals surface area contributed by atoms with Crippen molar-refractivity contribution in [3.05, 3.63) is 35.1 Å². The smallest absolute Gasteiger partial charge is 0.245 e. The maximum Gasteiger partial charge on any atom is 0.245 e. The lowest BCUT2D eigenvalue weighted by Crippen LogP contribution is -2.21. The van der Waals surface area contributed by atoms with Crippen LogP contribution in [-0.2, 0) is 4.79 Å². The monoisotopic (exact) mass is 294 g/mol. The number of nitrogens with zero attached hydrogens (tertiary/aromatic N) is 2. The van der Waals surface area contributed by atoms with Crippen LogP contribution in [0.25, 0.3) is 0 Å². The Morgan fingerprint density at radius 2 is 2.00 bits per heavy atom. The molecule has 20 heavy (non-hydrogen) atoms. The number of benzene rings is 1. The number of aromatic nitrogens is 2. The summed E-state index contributed by atoms with van der Waals surface area (Å²) in [6, 6.07) is 5.81. The van der Waals surface area contributed by atoms with Crippen molar-refractivity contribution in [2.24, 2.45) is 0 Å². The van der Waals surface area contributed by atoms with Gasteiger partial charge < -0.3 is 5.32 Å². The van der Waals surface area contributed by atoms with E-state index < -0.39 is 0 Å². The molecule has 0 saturated carbocycles. The lowest BCUT2D eigenvalue weighted by Gasteiger charge is -2.05. The first-order chi connectivity index (χ1) is 9.54. The van der Waals surface area contributed by atoms with E-state index in [1.54, 1.807) is 12.1 Å². The van der Waals surface area contributed by atoms with Crippen LogP contribution in [-0.4, -0.2) is 22.6 Å². The summed E-state index contributed by atoms with van der Waals surface area (Å²) in [6.45, 7) is 4.12. The van der Waals surface area contributed by atoms with Gasteiger partial charge in [-0.05, 0) is 24.3 Å². The molecule has 0 bridgehead atoms. The van der Waals surface area contributed by atoms with Crippen LogP contribution >= 0.6 is 11.3 Å². The third-order valence-electron chi connectivity index (χ3n) is 2.48. The van der Waals surface area contributed by atoms with Crippen LogP contribution in [0.15, 0.2) is 24.3 Å². The Kier molecular flexibility index (Phi) is 4.62. The van der Waals surface area contributed by atoms with E-state index in [1.165, 1.54) is 23.5 Å². The zero-order chi connectivity index (χ0) is 14.5. The van der Waals surface area contributed by atoms with Crippen molar-refractivity contribution in [3.63, 3.8) is 0 Å². The van der Waals surface area contributed by atoms with E-state index in [1.807, 2.05) is 13.8 Å². The van der Waals surface area contributed by atoms with Gasteiger partial charge in [0.05, 0.1) is 6.54 Å². The molecule has 5 nitrogen and oxygen atoms in total. The Labute approximate surface area is 120 Å². The van der Waals surface area contributed by atoms with Gasteiger partial charge in [0.25, 0.3) is 0 Å². The van der Waals surface area contributed by atoms with Crippen LogP contribution in [0.5, 0.6) is 0 Å². The molecule has 0 atom stereocenters. The number of amides is 1. The average Bonchev–Trinajstić information content (AvgIpc) is 2.87. The minimum atomic E-state index is -0.310. The highest BCUT2D eigenvalue weighted by atomic mass is 32.1. The summed E-state index contributed by atoms with van der Waals surface area (Å²) < 4.78 is 12.7. The first-order valence-electron chi connectivity index (χ1n) is 6.17. The summed E-state index contributed by atoms with van der Waals surface area (Å²) in [7, 11) is 0. The second-order valence-corrected chi connectivity index (χ2v) is 5.52. The molecule has 0 aliphatic carbocycles. The standard InChI is InChI=1S/C13H15FN4OS/c1-8(2)12-17-18-13(20-12)16-11(19)7-15-10-5-3-9(14)4-6-10/h3-6,8,15H,7H2,1-2H3,(H,16,18,19). The first-order valence-corrected chi connectivity index (χ1v) is 6.99. The predicted molar refractivity (Wildman–Crippen MR) is 77.5 cm³/mol. The summed E-state index contributed by atoms with van der Waals surface area (Å²) in [5, 5.41) is 14.8. The van der Waals surface area contributed by atoms with Crippen LogP contribution in [0, 0.1) is 5.82 Å². The highest BCUT2D eigenvalue weighted by Gasteiger charge is 2.10. The number of carbonyl (C=O) groups is 1. The molecule has 0 unspecified atom stereocenters. The lowest BCUT2D eigenvalue weighted by molar-refractivity contribution is -0.114. The lowest BCUT2D eigenvalue weighted by atomic mass is 10.2. The van der Waals surface area contributed by atoms with Crippen molar-refractivity contribution in [1.82, 2.24) is 10.2 Å². The molecular formula is C13H15FN4OS. The summed E-state index contributed by atoms with van der Waals surface area (Å²) in [5.41, 5.74) is 0.682. The van der Waals surface area contributed by atoms with Crippen LogP contribution in [0.1, 0.15) is 24.8 Å². The SMILES string of the molecule is CC(C)c1nnc(NC(=O)CNc2ccc(F)cc2)s1. The molecule has 0 fully saturated rings. The number of nitrogens with one attached hydrogen (secondary N) is 2. The highest BCUT2D eigenvalue weighted by Crippen LogP contribution is 2.22.